The van der Waals surface area contributed by atoms with E-state index >= 15 is 0 Å². The number of carbonyl (C=O) groups excluding carboxylic acids is 1. The summed E-state index contributed by atoms with van der Waals surface area (Å²) in [6, 6.07) is -0.619. The van der Waals surface area contributed by atoms with Crippen molar-refractivity contribution in [1.82, 2.24) is 5.32 Å². The predicted octanol–water partition coefficient (Wildman–Crippen LogP) is 0.781. The van der Waals surface area contributed by atoms with E-state index in [4.69, 9.17) is 5.11 Å². The summed E-state index contributed by atoms with van der Waals surface area (Å²) in [5.41, 5.74) is -1.05. The Morgan fingerprint density at radius 2 is 1.87 bits per heavy atom. The van der Waals surface area contributed by atoms with Crippen molar-refractivity contribution in [2.75, 3.05) is 7.11 Å². The largest absolute Gasteiger partial charge is 0.480 e. The molecule has 0 spiro atoms. The Bertz CT molecular complexity index is 236. The Morgan fingerprint density at radius 1 is 1.40 bits per heavy atom. The molecule has 88 valence electrons. The first-order chi connectivity index (χ1) is 6.93. The number of methoxy groups -OCH3 is 1. The van der Waals surface area contributed by atoms with Crippen molar-refractivity contribution in [2.45, 2.75) is 45.2 Å². The number of aliphatic carboxylic acids is 1. The average Bonchev–Trinajstić information content (AvgIpc) is 2.24. The maximum absolute atomic E-state index is 11.2. The number of esters is 1. The molecule has 5 heteroatoms. The molecule has 0 fully saturated rings. The van der Waals surface area contributed by atoms with Gasteiger partial charge in [0.15, 0.2) is 0 Å². The van der Waals surface area contributed by atoms with Crippen LogP contribution < -0.4 is 5.32 Å². The highest BCUT2D eigenvalue weighted by molar-refractivity contribution is 5.81. The lowest BCUT2D eigenvalue weighted by Crippen LogP contribution is -2.56. The highest BCUT2D eigenvalue weighted by Crippen LogP contribution is 2.16. The summed E-state index contributed by atoms with van der Waals surface area (Å²) in [4.78, 5) is 22.3. The molecule has 2 N–H and O–H groups in total. The van der Waals surface area contributed by atoms with Crippen molar-refractivity contribution in [1.29, 1.82) is 0 Å². The third-order valence-electron chi connectivity index (χ3n) is 2.66. The van der Waals surface area contributed by atoms with Gasteiger partial charge in [0.25, 0.3) is 0 Å². The van der Waals surface area contributed by atoms with Crippen molar-refractivity contribution < 1.29 is 19.4 Å². The Balaban J connectivity index is 4.68. The monoisotopic (exact) mass is 217 g/mol. The molecule has 1 atom stereocenters. The fourth-order valence-electron chi connectivity index (χ4n) is 1.47. The van der Waals surface area contributed by atoms with Gasteiger partial charge in [-0.3, -0.25) is 14.9 Å². The highest BCUT2D eigenvalue weighted by atomic mass is 16.5. The highest BCUT2D eigenvalue weighted by Gasteiger charge is 2.37. The third kappa shape index (κ3) is 3.20. The Morgan fingerprint density at radius 3 is 2.13 bits per heavy atom. The molecule has 0 aliphatic rings. The van der Waals surface area contributed by atoms with Crippen molar-refractivity contribution in [2.24, 2.45) is 0 Å². The van der Waals surface area contributed by atoms with E-state index in [2.05, 4.69) is 10.1 Å². The van der Waals surface area contributed by atoms with Crippen LogP contribution in [-0.2, 0) is 14.3 Å². The van der Waals surface area contributed by atoms with Crippen LogP contribution in [0.25, 0.3) is 0 Å². The molecular weight excluding hydrogens is 198 g/mol. The number of hydrogen-bond acceptors (Lipinski definition) is 4. The maximum Gasteiger partial charge on any atom is 0.323 e. The lowest BCUT2D eigenvalue weighted by molar-refractivity contribution is -0.148. The second kappa shape index (κ2) is 5.70. The molecule has 0 saturated carbocycles. The minimum absolute atomic E-state index is 0.417. The van der Waals surface area contributed by atoms with Crippen LogP contribution in [0, 0.1) is 0 Å². The quantitative estimate of drug-likeness (QED) is 0.643. The van der Waals surface area contributed by atoms with Gasteiger partial charge in [0.05, 0.1) is 7.11 Å². The molecule has 5 nitrogen and oxygen atoms in total. The zero-order valence-corrected chi connectivity index (χ0v) is 9.66. The van der Waals surface area contributed by atoms with Crippen molar-refractivity contribution >= 4 is 11.9 Å². The van der Waals surface area contributed by atoms with Gasteiger partial charge in [-0.15, -0.1) is 0 Å². The number of carboxylic acids is 1. The molecule has 0 aromatic rings. The summed E-state index contributed by atoms with van der Waals surface area (Å²) in [6.45, 7) is 5.14. The van der Waals surface area contributed by atoms with Crippen LogP contribution in [0.3, 0.4) is 0 Å². The van der Waals surface area contributed by atoms with Gasteiger partial charge in [-0.05, 0) is 19.8 Å². The molecule has 0 heterocycles. The van der Waals surface area contributed by atoms with Gasteiger partial charge in [-0.25, -0.2) is 0 Å². The maximum atomic E-state index is 11.2. The molecule has 0 amide bonds. The van der Waals surface area contributed by atoms with Gasteiger partial charge in [0.1, 0.15) is 11.6 Å². The second-order valence-electron chi connectivity index (χ2n) is 3.48. The summed E-state index contributed by atoms with van der Waals surface area (Å²) in [5, 5.41) is 11.9. The summed E-state index contributed by atoms with van der Waals surface area (Å²) in [7, 11) is 1.28. The molecule has 0 rings (SSSR count). The van der Waals surface area contributed by atoms with Crippen LogP contribution in [-0.4, -0.2) is 35.7 Å². The molecule has 0 aliphatic heterocycles. The number of nitrogens with one attached hydrogen (secondary N) is 1. The molecule has 1 unspecified atom stereocenters. The average molecular weight is 217 g/mol. The lowest BCUT2D eigenvalue weighted by atomic mass is 9.92. The number of carbonyl (C=O) groups is 2. The topological polar surface area (TPSA) is 75.6 Å². The zero-order valence-electron chi connectivity index (χ0n) is 9.66. The van der Waals surface area contributed by atoms with Gasteiger partial charge < -0.3 is 9.84 Å². The molecule has 0 aromatic carbocycles. The van der Waals surface area contributed by atoms with E-state index < -0.39 is 23.5 Å². The van der Waals surface area contributed by atoms with Gasteiger partial charge in [0, 0.05) is 0 Å². The minimum atomic E-state index is -1.05. The van der Waals surface area contributed by atoms with Crippen molar-refractivity contribution in [3.63, 3.8) is 0 Å². The SMILES string of the molecule is CCC(CC)(NC(C)C(=O)OC)C(=O)O. The van der Waals surface area contributed by atoms with E-state index in [1.807, 2.05) is 0 Å². The molecular formula is C10H19NO4. The van der Waals surface area contributed by atoms with Crippen LogP contribution in [0.1, 0.15) is 33.6 Å². The van der Waals surface area contributed by atoms with Gasteiger partial charge in [-0.2, -0.15) is 0 Å². The van der Waals surface area contributed by atoms with Crippen LogP contribution in [0.4, 0.5) is 0 Å². The normalized spacial score (nSPS) is 13.3. The van der Waals surface area contributed by atoms with Crippen molar-refractivity contribution in [3.05, 3.63) is 0 Å². The number of hydrogen-bond donors (Lipinski definition) is 2. The fourth-order valence-corrected chi connectivity index (χ4v) is 1.47. The number of rotatable bonds is 6. The first-order valence-corrected chi connectivity index (χ1v) is 5.02. The van der Waals surface area contributed by atoms with Crippen LogP contribution in [0.5, 0.6) is 0 Å². The van der Waals surface area contributed by atoms with E-state index in [0.29, 0.717) is 12.8 Å². The summed E-state index contributed by atoms with van der Waals surface area (Å²) >= 11 is 0. The summed E-state index contributed by atoms with van der Waals surface area (Å²) in [5.74, 6) is -1.40. The van der Waals surface area contributed by atoms with Gasteiger partial charge >= 0.3 is 11.9 Å². The standard InChI is InChI=1S/C10H19NO4/c1-5-10(6-2,9(13)14)11-7(3)8(12)15-4/h7,11H,5-6H2,1-4H3,(H,13,14). The molecule has 15 heavy (non-hydrogen) atoms. The molecule has 0 radical (unpaired) electrons. The van der Waals surface area contributed by atoms with E-state index in [0.717, 1.165) is 0 Å². The van der Waals surface area contributed by atoms with E-state index in [1.165, 1.54) is 7.11 Å². The first kappa shape index (κ1) is 13.9. The van der Waals surface area contributed by atoms with Crippen LogP contribution in [0.2, 0.25) is 0 Å². The summed E-state index contributed by atoms with van der Waals surface area (Å²) < 4.78 is 4.53. The molecule has 0 aliphatic carbocycles. The molecule has 0 saturated heterocycles. The van der Waals surface area contributed by atoms with Gasteiger partial charge in [-0.1, -0.05) is 13.8 Å². The predicted molar refractivity (Wildman–Crippen MR) is 55.6 cm³/mol. The Kier molecular flexibility index (Phi) is 5.28. The second-order valence-corrected chi connectivity index (χ2v) is 3.48. The number of ether oxygens (including phenoxy) is 1. The lowest BCUT2D eigenvalue weighted by Gasteiger charge is -2.30. The smallest absolute Gasteiger partial charge is 0.323 e. The van der Waals surface area contributed by atoms with Crippen LogP contribution in [0.15, 0.2) is 0 Å². The minimum Gasteiger partial charge on any atom is -0.480 e. The van der Waals surface area contributed by atoms with Crippen LogP contribution >= 0.6 is 0 Å². The Labute approximate surface area is 89.8 Å². The summed E-state index contributed by atoms with van der Waals surface area (Å²) in [6.07, 6.45) is 0.834. The molecule has 0 bridgehead atoms. The fraction of sp³-hybridized carbons (Fsp3) is 0.800. The van der Waals surface area contributed by atoms with Gasteiger partial charge in [0.2, 0.25) is 0 Å². The zero-order chi connectivity index (χ0) is 12.1. The Hall–Kier alpha value is -1.10. The van der Waals surface area contributed by atoms with E-state index in [9.17, 15) is 9.59 Å². The first-order valence-electron chi connectivity index (χ1n) is 5.02. The van der Waals surface area contributed by atoms with E-state index in [-0.39, 0.29) is 0 Å². The molecule has 0 aromatic heterocycles. The number of carboxylic acid groups (broad SMARTS) is 1. The van der Waals surface area contributed by atoms with Crippen molar-refractivity contribution in [3.8, 4) is 0 Å². The third-order valence-corrected chi connectivity index (χ3v) is 2.66. The van der Waals surface area contributed by atoms with E-state index in [1.54, 1.807) is 20.8 Å².